The van der Waals surface area contributed by atoms with Gasteiger partial charge in [0.1, 0.15) is 0 Å². The van der Waals surface area contributed by atoms with Crippen LogP contribution in [0.1, 0.15) is 0 Å². The SMILES string of the molecule is [C-]#[N+]c1cc(-n2c3ccccc3c3ccccc32)c(-n2c3ccccc3c3ccccc32)c2c1c1ccccc1n2-c1ccccc1. The number of para-hydroxylation sites is 6. The van der Waals surface area contributed by atoms with E-state index in [9.17, 15) is 0 Å². The lowest BCUT2D eigenvalue weighted by Gasteiger charge is -2.21. The van der Waals surface area contributed by atoms with Gasteiger partial charge in [-0.15, -0.1) is 0 Å². The summed E-state index contributed by atoms with van der Waals surface area (Å²) in [6.07, 6.45) is 0. The van der Waals surface area contributed by atoms with Crippen LogP contribution < -0.4 is 0 Å². The van der Waals surface area contributed by atoms with Crippen molar-refractivity contribution in [3.63, 3.8) is 0 Å². The Hall–Kier alpha value is -6.57. The van der Waals surface area contributed by atoms with Crippen LogP contribution in [0.15, 0.2) is 158 Å². The van der Waals surface area contributed by atoms with Gasteiger partial charge in [0.15, 0.2) is 5.69 Å². The van der Waals surface area contributed by atoms with Crippen LogP contribution in [0.3, 0.4) is 0 Å². The van der Waals surface area contributed by atoms with Crippen molar-refractivity contribution in [2.45, 2.75) is 0 Å². The Balaban J connectivity index is 1.55. The van der Waals surface area contributed by atoms with E-state index in [2.05, 4.69) is 176 Å². The Bertz CT molecular complexity index is 2810. The van der Waals surface area contributed by atoms with Crippen molar-refractivity contribution in [3.8, 4) is 17.1 Å². The minimum atomic E-state index is 0.632. The summed E-state index contributed by atoms with van der Waals surface area (Å²) in [5.74, 6) is 0. The van der Waals surface area contributed by atoms with Gasteiger partial charge in [-0.05, 0) is 53.9 Å². The maximum atomic E-state index is 8.57. The van der Waals surface area contributed by atoms with E-state index in [4.69, 9.17) is 6.57 Å². The van der Waals surface area contributed by atoms with Gasteiger partial charge in [0, 0.05) is 32.6 Å². The predicted molar refractivity (Wildman–Crippen MR) is 196 cm³/mol. The Morgan fingerprint density at radius 3 is 1.30 bits per heavy atom. The van der Waals surface area contributed by atoms with E-state index < -0.39 is 0 Å². The smallest absolute Gasteiger partial charge is 0.199 e. The van der Waals surface area contributed by atoms with Gasteiger partial charge in [-0.3, -0.25) is 0 Å². The number of benzene rings is 7. The fraction of sp³-hybridized carbons (Fsp3) is 0. The normalized spacial score (nSPS) is 11.8. The minimum absolute atomic E-state index is 0.632. The van der Waals surface area contributed by atoms with E-state index in [-0.39, 0.29) is 0 Å². The van der Waals surface area contributed by atoms with E-state index >= 15 is 0 Å². The Morgan fingerprint density at radius 2 is 0.809 bits per heavy atom. The van der Waals surface area contributed by atoms with Crippen molar-refractivity contribution >= 4 is 71.1 Å². The van der Waals surface area contributed by atoms with Crippen LogP contribution in [-0.4, -0.2) is 13.7 Å². The van der Waals surface area contributed by atoms with Crippen molar-refractivity contribution < 1.29 is 0 Å². The molecule has 4 heteroatoms. The van der Waals surface area contributed by atoms with Crippen molar-refractivity contribution in [2.75, 3.05) is 0 Å². The average Bonchev–Trinajstić information content (AvgIpc) is 3.78. The molecular weight excluding hydrogens is 573 g/mol. The molecule has 0 bridgehead atoms. The van der Waals surface area contributed by atoms with Gasteiger partial charge in [-0.1, -0.05) is 109 Å². The zero-order chi connectivity index (χ0) is 31.1. The lowest BCUT2D eigenvalue weighted by atomic mass is 10.1. The summed E-state index contributed by atoms with van der Waals surface area (Å²) in [7, 11) is 0. The molecule has 0 amide bonds. The third-order valence-corrected chi connectivity index (χ3v) is 9.63. The average molecular weight is 599 g/mol. The van der Waals surface area contributed by atoms with Crippen molar-refractivity contribution in [1.29, 1.82) is 0 Å². The van der Waals surface area contributed by atoms with Crippen molar-refractivity contribution in [3.05, 3.63) is 169 Å². The van der Waals surface area contributed by atoms with Crippen molar-refractivity contribution in [2.24, 2.45) is 0 Å². The van der Waals surface area contributed by atoms with E-state index in [0.717, 1.165) is 60.9 Å². The number of nitrogens with zero attached hydrogens (tertiary/aromatic N) is 4. The summed E-state index contributed by atoms with van der Waals surface area (Å²) in [6.45, 7) is 8.57. The Kier molecular flexibility index (Phi) is 5.32. The molecule has 0 saturated heterocycles. The van der Waals surface area contributed by atoms with Crippen LogP contribution in [0.25, 0.3) is 87.3 Å². The fourth-order valence-electron chi connectivity index (χ4n) is 7.78. The second-order valence-electron chi connectivity index (χ2n) is 12.0. The largest absolute Gasteiger partial charge is 0.308 e. The lowest BCUT2D eigenvalue weighted by Crippen LogP contribution is -2.07. The van der Waals surface area contributed by atoms with E-state index in [0.29, 0.717) is 5.69 Å². The number of fused-ring (bicyclic) bond motifs is 9. The highest BCUT2D eigenvalue weighted by Gasteiger charge is 2.27. The predicted octanol–water partition coefficient (Wildman–Crippen LogP) is 11.5. The molecule has 47 heavy (non-hydrogen) atoms. The first-order valence-electron chi connectivity index (χ1n) is 15.8. The summed E-state index contributed by atoms with van der Waals surface area (Å²) >= 11 is 0. The topological polar surface area (TPSA) is 19.1 Å². The van der Waals surface area contributed by atoms with Crippen LogP contribution in [0.5, 0.6) is 0 Å². The summed E-state index contributed by atoms with van der Waals surface area (Å²) in [4.78, 5) is 4.25. The van der Waals surface area contributed by atoms with Crippen LogP contribution in [0, 0.1) is 6.57 Å². The maximum absolute atomic E-state index is 8.57. The van der Waals surface area contributed by atoms with E-state index in [1.807, 2.05) is 0 Å². The molecule has 0 aliphatic heterocycles. The fourth-order valence-corrected chi connectivity index (χ4v) is 7.78. The van der Waals surface area contributed by atoms with Gasteiger partial charge in [0.2, 0.25) is 0 Å². The Morgan fingerprint density at radius 1 is 0.404 bits per heavy atom. The molecule has 0 unspecified atom stereocenters. The number of hydrogen-bond donors (Lipinski definition) is 0. The Labute approximate surface area is 270 Å². The van der Waals surface area contributed by atoms with Gasteiger partial charge in [0.25, 0.3) is 0 Å². The molecule has 0 atom stereocenters. The number of rotatable bonds is 3. The molecule has 4 nitrogen and oxygen atoms in total. The first-order chi connectivity index (χ1) is 23.3. The molecule has 0 N–H and O–H groups in total. The van der Waals surface area contributed by atoms with Gasteiger partial charge in [-0.2, -0.15) is 0 Å². The summed E-state index contributed by atoms with van der Waals surface area (Å²) < 4.78 is 7.15. The van der Waals surface area contributed by atoms with Crippen LogP contribution in [0.4, 0.5) is 5.69 Å². The van der Waals surface area contributed by atoms with Gasteiger partial charge < -0.3 is 13.7 Å². The molecule has 0 radical (unpaired) electrons. The minimum Gasteiger partial charge on any atom is -0.308 e. The molecule has 10 aromatic rings. The van der Waals surface area contributed by atoms with Gasteiger partial charge in [0.05, 0.1) is 51.0 Å². The zero-order valence-electron chi connectivity index (χ0n) is 25.3. The number of hydrogen-bond acceptors (Lipinski definition) is 0. The molecular formula is C43H26N4. The summed E-state index contributed by atoms with van der Waals surface area (Å²) in [5.41, 5.74) is 10.2. The van der Waals surface area contributed by atoms with E-state index in [1.165, 1.54) is 21.5 Å². The first kappa shape index (κ1) is 25.7. The second kappa shape index (κ2) is 9.71. The van der Waals surface area contributed by atoms with E-state index in [1.54, 1.807) is 0 Å². The number of aromatic nitrogens is 3. The van der Waals surface area contributed by atoms with Gasteiger partial charge >= 0.3 is 0 Å². The second-order valence-corrected chi connectivity index (χ2v) is 12.0. The quantitative estimate of drug-likeness (QED) is 0.180. The van der Waals surface area contributed by atoms with Crippen molar-refractivity contribution in [1.82, 2.24) is 13.7 Å². The van der Waals surface area contributed by atoms with Crippen LogP contribution >= 0.6 is 0 Å². The lowest BCUT2D eigenvalue weighted by molar-refractivity contribution is 1.08. The third kappa shape index (κ3) is 3.46. The highest BCUT2D eigenvalue weighted by molar-refractivity contribution is 6.21. The molecule has 0 aliphatic carbocycles. The zero-order valence-corrected chi connectivity index (χ0v) is 25.3. The molecule has 0 aliphatic rings. The molecule has 10 rings (SSSR count). The standard InChI is InChI=1S/C43H26N4/c1-44-34-27-40(46-35-22-10-5-17-29(35)30-18-6-11-23-36(30)46)42(47-37-24-12-7-19-31(37)32-20-8-13-25-38(32)47)43-41(34)33-21-9-14-26-39(33)45(43)28-15-3-2-4-16-28/h2-27H. The molecule has 3 aromatic heterocycles. The molecule has 218 valence electrons. The third-order valence-electron chi connectivity index (χ3n) is 9.63. The first-order valence-corrected chi connectivity index (χ1v) is 15.8. The maximum Gasteiger partial charge on any atom is 0.199 e. The van der Waals surface area contributed by atoms with Crippen LogP contribution in [0.2, 0.25) is 0 Å². The molecule has 7 aromatic carbocycles. The highest BCUT2D eigenvalue weighted by atomic mass is 15.1. The molecule has 0 spiro atoms. The molecule has 0 saturated carbocycles. The van der Waals surface area contributed by atoms with Gasteiger partial charge in [-0.25, -0.2) is 4.85 Å². The molecule has 3 heterocycles. The highest BCUT2D eigenvalue weighted by Crippen LogP contribution is 2.47. The summed E-state index contributed by atoms with van der Waals surface area (Å²) in [6, 6.07) is 55.7. The van der Waals surface area contributed by atoms with Crippen LogP contribution in [-0.2, 0) is 0 Å². The summed E-state index contributed by atoms with van der Waals surface area (Å²) in [5, 5.41) is 6.78. The molecule has 0 fully saturated rings. The monoisotopic (exact) mass is 598 g/mol.